The first-order valence-corrected chi connectivity index (χ1v) is 9.69. The van der Waals surface area contributed by atoms with Crippen LogP contribution in [0.3, 0.4) is 0 Å². The molecule has 0 aliphatic carbocycles. The number of benzene rings is 2. The highest BCUT2D eigenvalue weighted by molar-refractivity contribution is 5.97. The van der Waals surface area contributed by atoms with Gasteiger partial charge in [-0.15, -0.1) is 0 Å². The normalized spacial score (nSPS) is 11.6. The van der Waals surface area contributed by atoms with Crippen LogP contribution >= 0.6 is 0 Å². The lowest BCUT2D eigenvalue weighted by molar-refractivity contribution is -0.123. The zero-order chi connectivity index (χ0) is 21.7. The molecule has 3 rings (SSSR count). The van der Waals surface area contributed by atoms with Gasteiger partial charge >= 0.3 is 5.97 Å². The fourth-order valence-electron chi connectivity index (χ4n) is 3.11. The van der Waals surface area contributed by atoms with E-state index in [0.29, 0.717) is 11.5 Å². The highest BCUT2D eigenvalue weighted by Crippen LogP contribution is 2.22. The van der Waals surface area contributed by atoms with E-state index in [1.165, 1.54) is 13.0 Å². The Labute approximate surface area is 175 Å². The van der Waals surface area contributed by atoms with Crippen molar-refractivity contribution in [1.82, 2.24) is 0 Å². The summed E-state index contributed by atoms with van der Waals surface area (Å²) in [6.07, 6.45) is -0.980. The molecule has 1 amide bonds. The number of aryl methyl sites for hydroxylation is 3. The number of carbonyl (C=O) groups is 2. The summed E-state index contributed by atoms with van der Waals surface area (Å²) in [5.74, 6) is 0.0846. The van der Waals surface area contributed by atoms with Gasteiger partial charge in [-0.25, -0.2) is 4.79 Å². The maximum absolute atomic E-state index is 12.5. The van der Waals surface area contributed by atoms with Crippen molar-refractivity contribution in [2.75, 3.05) is 5.32 Å². The van der Waals surface area contributed by atoms with Gasteiger partial charge in [-0.2, -0.15) is 0 Å². The molecular formula is C24H25NO5. The van der Waals surface area contributed by atoms with Gasteiger partial charge in [-0.05, 0) is 63.1 Å². The smallest absolute Gasteiger partial charge is 0.375 e. The van der Waals surface area contributed by atoms with Gasteiger partial charge in [0, 0.05) is 5.69 Å². The molecule has 0 bridgehead atoms. The van der Waals surface area contributed by atoms with Gasteiger partial charge in [-0.1, -0.05) is 35.9 Å². The summed E-state index contributed by atoms with van der Waals surface area (Å²) >= 11 is 0. The highest BCUT2D eigenvalue weighted by atomic mass is 16.6. The van der Waals surface area contributed by atoms with Gasteiger partial charge < -0.3 is 19.2 Å². The third-order valence-electron chi connectivity index (χ3n) is 4.57. The molecule has 0 fully saturated rings. The summed E-state index contributed by atoms with van der Waals surface area (Å²) in [6.45, 7) is 7.55. The van der Waals surface area contributed by atoms with Crippen LogP contribution in [0.1, 0.15) is 39.9 Å². The Morgan fingerprint density at radius 3 is 2.33 bits per heavy atom. The maximum atomic E-state index is 12.5. The van der Waals surface area contributed by atoms with Crippen molar-refractivity contribution >= 4 is 17.6 Å². The molecule has 1 unspecified atom stereocenters. The van der Waals surface area contributed by atoms with E-state index in [0.717, 1.165) is 22.4 Å². The largest absolute Gasteiger partial charge is 0.486 e. The number of para-hydroxylation sites is 1. The minimum Gasteiger partial charge on any atom is -0.486 e. The topological polar surface area (TPSA) is 77.8 Å². The number of furan rings is 1. The lowest BCUT2D eigenvalue weighted by Crippen LogP contribution is -2.30. The zero-order valence-corrected chi connectivity index (χ0v) is 17.5. The molecule has 6 heteroatoms. The van der Waals surface area contributed by atoms with Crippen LogP contribution in [0.25, 0.3) is 0 Å². The Balaban J connectivity index is 1.56. The van der Waals surface area contributed by atoms with Crippen molar-refractivity contribution in [3.63, 3.8) is 0 Å². The van der Waals surface area contributed by atoms with E-state index in [1.807, 2.05) is 63.2 Å². The minimum absolute atomic E-state index is 0.0176. The third kappa shape index (κ3) is 5.29. The average Bonchev–Trinajstić information content (AvgIpc) is 3.19. The van der Waals surface area contributed by atoms with Gasteiger partial charge in [0.2, 0.25) is 5.76 Å². The summed E-state index contributed by atoms with van der Waals surface area (Å²) in [5, 5.41) is 2.84. The Hall–Kier alpha value is -3.54. The summed E-state index contributed by atoms with van der Waals surface area (Å²) in [7, 11) is 0. The molecule has 6 nitrogen and oxygen atoms in total. The number of hydrogen-bond acceptors (Lipinski definition) is 5. The molecule has 1 N–H and O–H groups in total. The second-order valence-electron chi connectivity index (χ2n) is 7.18. The average molecular weight is 407 g/mol. The van der Waals surface area contributed by atoms with Crippen LogP contribution < -0.4 is 10.1 Å². The second-order valence-corrected chi connectivity index (χ2v) is 7.18. The molecular weight excluding hydrogens is 382 g/mol. The standard InChI is InChI=1S/C24H25NO5/c1-15-12-16(2)22(17(3)13-15)25-23(26)18(4)29-24(27)21-11-10-20(30-21)14-28-19-8-6-5-7-9-19/h5-13,18H,14H2,1-4H3,(H,25,26). The van der Waals surface area contributed by atoms with Crippen molar-refractivity contribution in [1.29, 1.82) is 0 Å². The molecule has 3 aromatic rings. The summed E-state index contributed by atoms with van der Waals surface area (Å²) in [6, 6.07) is 16.4. The van der Waals surface area contributed by atoms with Crippen LogP contribution in [0.4, 0.5) is 5.69 Å². The molecule has 1 heterocycles. The summed E-state index contributed by atoms with van der Waals surface area (Å²) in [5.41, 5.74) is 3.75. The third-order valence-corrected chi connectivity index (χ3v) is 4.57. The van der Waals surface area contributed by atoms with Crippen LogP contribution in [0.5, 0.6) is 5.75 Å². The van der Waals surface area contributed by atoms with Crippen LogP contribution in [0.15, 0.2) is 59.0 Å². The number of anilines is 1. The first kappa shape index (κ1) is 21.2. The van der Waals surface area contributed by atoms with E-state index >= 15 is 0 Å². The Morgan fingerprint density at radius 1 is 1.00 bits per heavy atom. The summed E-state index contributed by atoms with van der Waals surface area (Å²) in [4.78, 5) is 24.8. The number of esters is 1. The number of carbonyl (C=O) groups excluding carboxylic acids is 2. The predicted molar refractivity (Wildman–Crippen MR) is 114 cm³/mol. The van der Waals surface area contributed by atoms with E-state index in [1.54, 1.807) is 6.07 Å². The van der Waals surface area contributed by atoms with Gasteiger partial charge in [-0.3, -0.25) is 4.79 Å². The number of hydrogen-bond donors (Lipinski definition) is 1. The molecule has 0 saturated heterocycles. The SMILES string of the molecule is Cc1cc(C)c(NC(=O)C(C)OC(=O)c2ccc(COc3ccccc3)o2)c(C)c1. The molecule has 1 atom stereocenters. The van der Waals surface area contributed by atoms with Gasteiger partial charge in [0.15, 0.2) is 6.10 Å². The van der Waals surface area contributed by atoms with E-state index in [4.69, 9.17) is 13.9 Å². The van der Waals surface area contributed by atoms with Crippen LogP contribution in [0.2, 0.25) is 0 Å². The molecule has 0 radical (unpaired) electrons. The van der Waals surface area contributed by atoms with Crippen molar-refractivity contribution in [2.45, 2.75) is 40.4 Å². The van der Waals surface area contributed by atoms with Gasteiger partial charge in [0.05, 0.1) is 0 Å². The van der Waals surface area contributed by atoms with E-state index < -0.39 is 18.0 Å². The lowest BCUT2D eigenvalue weighted by atomic mass is 10.0. The Kier molecular flexibility index (Phi) is 6.57. The predicted octanol–water partition coefficient (Wildman–Crippen LogP) is 4.97. The first-order chi connectivity index (χ1) is 14.3. The van der Waals surface area contributed by atoms with E-state index in [9.17, 15) is 9.59 Å². The maximum Gasteiger partial charge on any atom is 0.375 e. The van der Waals surface area contributed by atoms with Crippen molar-refractivity contribution < 1.29 is 23.5 Å². The molecule has 156 valence electrons. The second kappa shape index (κ2) is 9.31. The molecule has 30 heavy (non-hydrogen) atoms. The Bertz CT molecular complexity index is 1020. The number of amides is 1. The van der Waals surface area contributed by atoms with Crippen LogP contribution in [-0.4, -0.2) is 18.0 Å². The quantitative estimate of drug-likeness (QED) is 0.560. The monoisotopic (exact) mass is 407 g/mol. The molecule has 0 saturated carbocycles. The van der Waals surface area contributed by atoms with E-state index in [2.05, 4.69) is 5.32 Å². The van der Waals surface area contributed by atoms with Crippen LogP contribution in [0, 0.1) is 20.8 Å². The highest BCUT2D eigenvalue weighted by Gasteiger charge is 2.22. The van der Waals surface area contributed by atoms with Gasteiger partial charge in [0.1, 0.15) is 18.1 Å². The molecule has 0 aliphatic heterocycles. The zero-order valence-electron chi connectivity index (χ0n) is 17.5. The van der Waals surface area contributed by atoms with Crippen molar-refractivity contribution in [2.24, 2.45) is 0 Å². The van der Waals surface area contributed by atoms with Gasteiger partial charge in [0.25, 0.3) is 5.91 Å². The fourth-order valence-corrected chi connectivity index (χ4v) is 3.11. The van der Waals surface area contributed by atoms with E-state index in [-0.39, 0.29) is 12.4 Å². The molecule has 0 spiro atoms. The Morgan fingerprint density at radius 2 is 1.67 bits per heavy atom. The van der Waals surface area contributed by atoms with Crippen molar-refractivity contribution in [3.8, 4) is 5.75 Å². The van der Waals surface area contributed by atoms with Crippen LogP contribution in [-0.2, 0) is 16.1 Å². The van der Waals surface area contributed by atoms with Crippen molar-refractivity contribution in [3.05, 3.63) is 82.8 Å². The molecule has 2 aromatic carbocycles. The number of rotatable bonds is 7. The number of nitrogens with one attached hydrogen (secondary N) is 1. The molecule has 1 aromatic heterocycles. The minimum atomic E-state index is -0.980. The fraction of sp³-hybridized carbons (Fsp3) is 0.250. The summed E-state index contributed by atoms with van der Waals surface area (Å²) < 4.78 is 16.3. The first-order valence-electron chi connectivity index (χ1n) is 9.69. The number of ether oxygens (including phenoxy) is 2. The molecule has 0 aliphatic rings. The lowest BCUT2D eigenvalue weighted by Gasteiger charge is -2.16.